The molecule has 1 heterocycles. The minimum absolute atomic E-state index is 0.309. The third-order valence-corrected chi connectivity index (χ3v) is 3.50. The Balaban J connectivity index is 2.20. The second-order valence-electron chi connectivity index (χ2n) is 5.34. The van der Waals surface area contributed by atoms with Crippen LogP contribution in [0.2, 0.25) is 0 Å². The van der Waals surface area contributed by atoms with Gasteiger partial charge in [0.05, 0.1) is 13.2 Å². The first-order valence-corrected chi connectivity index (χ1v) is 6.96. The van der Waals surface area contributed by atoms with Crippen LogP contribution in [0.3, 0.4) is 0 Å². The fraction of sp³-hybridized carbons (Fsp3) is 0.600. The lowest BCUT2D eigenvalue weighted by Gasteiger charge is -2.29. The number of methoxy groups -OCH3 is 1. The molecule has 0 amide bonds. The molecule has 5 nitrogen and oxygen atoms in total. The topological polar surface area (TPSA) is 57.0 Å². The predicted molar refractivity (Wildman–Crippen MR) is 78.6 cm³/mol. The number of hydrogen-bond acceptors (Lipinski definition) is 5. The molecule has 0 saturated heterocycles. The fourth-order valence-corrected chi connectivity index (χ4v) is 2.39. The standard InChI is InChI=1S/C15H24N2O3/c1-11(2)17(4-5-18-3)8-12-6-14(16)7-13-9-19-10-20-15(12)13/h6-7,11H,4-5,8-10,16H2,1-3H3. The van der Waals surface area contributed by atoms with E-state index in [0.29, 0.717) is 26.0 Å². The molecule has 2 N–H and O–H groups in total. The molecule has 0 aromatic heterocycles. The molecule has 0 saturated carbocycles. The van der Waals surface area contributed by atoms with Crippen LogP contribution in [0.5, 0.6) is 5.75 Å². The Hall–Kier alpha value is -1.30. The monoisotopic (exact) mass is 280 g/mol. The van der Waals surface area contributed by atoms with Gasteiger partial charge in [0.25, 0.3) is 0 Å². The Morgan fingerprint density at radius 1 is 1.40 bits per heavy atom. The van der Waals surface area contributed by atoms with E-state index in [1.54, 1.807) is 7.11 Å². The van der Waals surface area contributed by atoms with Gasteiger partial charge >= 0.3 is 0 Å². The number of nitrogens with zero attached hydrogens (tertiary/aromatic N) is 1. The van der Waals surface area contributed by atoms with Crippen LogP contribution in [0.15, 0.2) is 12.1 Å². The molecule has 112 valence electrons. The van der Waals surface area contributed by atoms with E-state index in [4.69, 9.17) is 19.9 Å². The molecule has 0 fully saturated rings. The number of fused-ring (bicyclic) bond motifs is 1. The highest BCUT2D eigenvalue weighted by Crippen LogP contribution is 2.31. The molecule has 0 unspecified atom stereocenters. The van der Waals surface area contributed by atoms with Gasteiger partial charge < -0.3 is 19.9 Å². The number of benzene rings is 1. The Labute approximate surface area is 120 Å². The van der Waals surface area contributed by atoms with Crippen molar-refractivity contribution in [2.45, 2.75) is 33.0 Å². The van der Waals surface area contributed by atoms with Gasteiger partial charge in [-0.2, -0.15) is 0 Å². The molecule has 5 heteroatoms. The van der Waals surface area contributed by atoms with Gasteiger partial charge in [0, 0.05) is 43.1 Å². The Kier molecular flexibility index (Phi) is 5.23. The summed E-state index contributed by atoms with van der Waals surface area (Å²) in [7, 11) is 1.72. The van der Waals surface area contributed by atoms with E-state index in [2.05, 4.69) is 18.7 Å². The largest absolute Gasteiger partial charge is 0.467 e. The second kappa shape index (κ2) is 6.92. The Bertz CT molecular complexity index is 449. The zero-order valence-electron chi connectivity index (χ0n) is 12.5. The molecule has 20 heavy (non-hydrogen) atoms. The van der Waals surface area contributed by atoms with E-state index in [1.165, 1.54) is 0 Å². The van der Waals surface area contributed by atoms with Crippen LogP contribution in [-0.2, 0) is 22.6 Å². The van der Waals surface area contributed by atoms with Crippen LogP contribution in [0, 0.1) is 0 Å². The molecule has 1 aromatic carbocycles. The molecule has 0 aliphatic carbocycles. The van der Waals surface area contributed by atoms with Crippen molar-refractivity contribution in [1.82, 2.24) is 4.90 Å². The summed E-state index contributed by atoms with van der Waals surface area (Å²) in [4.78, 5) is 2.34. The van der Waals surface area contributed by atoms with Crippen LogP contribution in [0.4, 0.5) is 5.69 Å². The SMILES string of the molecule is COCCN(Cc1cc(N)cc2c1OCOC2)C(C)C. The van der Waals surface area contributed by atoms with Gasteiger partial charge in [-0.15, -0.1) is 0 Å². The average molecular weight is 280 g/mol. The van der Waals surface area contributed by atoms with Gasteiger partial charge in [0.1, 0.15) is 5.75 Å². The maximum Gasteiger partial charge on any atom is 0.189 e. The van der Waals surface area contributed by atoms with Crippen molar-refractivity contribution in [3.8, 4) is 5.75 Å². The molecule has 1 aromatic rings. The summed E-state index contributed by atoms with van der Waals surface area (Å²) >= 11 is 0. The third kappa shape index (κ3) is 3.62. The number of ether oxygens (including phenoxy) is 3. The second-order valence-corrected chi connectivity index (χ2v) is 5.34. The van der Waals surface area contributed by atoms with Crippen molar-refractivity contribution in [1.29, 1.82) is 0 Å². The summed E-state index contributed by atoms with van der Waals surface area (Å²) in [6.07, 6.45) is 0. The van der Waals surface area contributed by atoms with Crippen molar-refractivity contribution in [3.63, 3.8) is 0 Å². The highest BCUT2D eigenvalue weighted by atomic mass is 16.7. The lowest BCUT2D eigenvalue weighted by atomic mass is 10.1. The average Bonchev–Trinajstić information content (AvgIpc) is 2.42. The lowest BCUT2D eigenvalue weighted by Crippen LogP contribution is -2.33. The predicted octanol–water partition coefficient (Wildman–Crippen LogP) is 1.99. The summed E-state index contributed by atoms with van der Waals surface area (Å²) in [5.74, 6) is 0.925. The summed E-state index contributed by atoms with van der Waals surface area (Å²) in [5, 5.41) is 0. The molecule has 0 radical (unpaired) electrons. The maximum atomic E-state index is 5.98. The summed E-state index contributed by atoms with van der Waals surface area (Å²) in [6, 6.07) is 4.35. The van der Waals surface area contributed by atoms with Gasteiger partial charge in [0.15, 0.2) is 6.79 Å². The van der Waals surface area contributed by atoms with E-state index in [-0.39, 0.29) is 0 Å². The van der Waals surface area contributed by atoms with Crippen LogP contribution in [-0.4, -0.2) is 38.0 Å². The van der Waals surface area contributed by atoms with Gasteiger partial charge in [-0.05, 0) is 26.0 Å². The first-order valence-electron chi connectivity index (χ1n) is 6.96. The van der Waals surface area contributed by atoms with Crippen LogP contribution in [0.1, 0.15) is 25.0 Å². The number of hydrogen-bond donors (Lipinski definition) is 1. The van der Waals surface area contributed by atoms with Gasteiger partial charge in [0.2, 0.25) is 0 Å². The van der Waals surface area contributed by atoms with Gasteiger partial charge in [-0.3, -0.25) is 4.90 Å². The molecule has 2 rings (SSSR count). The van der Waals surface area contributed by atoms with Crippen molar-refractivity contribution in [2.24, 2.45) is 0 Å². The van der Waals surface area contributed by atoms with Crippen molar-refractivity contribution >= 4 is 5.69 Å². The quantitative estimate of drug-likeness (QED) is 0.808. The summed E-state index contributed by atoms with van der Waals surface area (Å²) < 4.78 is 16.1. The number of nitrogens with two attached hydrogens (primary N) is 1. The van der Waals surface area contributed by atoms with Crippen molar-refractivity contribution in [3.05, 3.63) is 23.3 Å². The highest BCUT2D eigenvalue weighted by molar-refractivity contribution is 5.53. The number of nitrogen functional groups attached to an aromatic ring is 1. The Morgan fingerprint density at radius 2 is 2.20 bits per heavy atom. The maximum absolute atomic E-state index is 5.98. The normalized spacial score (nSPS) is 14.4. The van der Waals surface area contributed by atoms with Crippen molar-refractivity contribution < 1.29 is 14.2 Å². The summed E-state index contributed by atoms with van der Waals surface area (Å²) in [6.45, 7) is 7.63. The van der Waals surface area contributed by atoms with E-state index in [9.17, 15) is 0 Å². The molecule has 0 spiro atoms. The highest BCUT2D eigenvalue weighted by Gasteiger charge is 2.19. The van der Waals surface area contributed by atoms with E-state index < -0.39 is 0 Å². The number of anilines is 1. The lowest BCUT2D eigenvalue weighted by molar-refractivity contribution is -0.0176. The van der Waals surface area contributed by atoms with E-state index >= 15 is 0 Å². The molecule has 1 aliphatic heterocycles. The molecule has 0 atom stereocenters. The fourth-order valence-electron chi connectivity index (χ4n) is 2.39. The zero-order chi connectivity index (χ0) is 14.5. The minimum Gasteiger partial charge on any atom is -0.467 e. The molecule has 1 aliphatic rings. The van der Waals surface area contributed by atoms with E-state index in [0.717, 1.165) is 35.7 Å². The first kappa shape index (κ1) is 15.1. The smallest absolute Gasteiger partial charge is 0.189 e. The summed E-state index contributed by atoms with van der Waals surface area (Å²) in [5.41, 5.74) is 8.88. The molecule has 0 bridgehead atoms. The zero-order valence-corrected chi connectivity index (χ0v) is 12.5. The minimum atomic E-state index is 0.309. The molecular formula is C15H24N2O3. The van der Waals surface area contributed by atoms with Crippen molar-refractivity contribution in [2.75, 3.05) is 32.8 Å². The van der Waals surface area contributed by atoms with Crippen LogP contribution >= 0.6 is 0 Å². The molecular weight excluding hydrogens is 256 g/mol. The Morgan fingerprint density at radius 3 is 2.90 bits per heavy atom. The third-order valence-electron chi connectivity index (χ3n) is 3.50. The van der Waals surface area contributed by atoms with Crippen LogP contribution < -0.4 is 10.5 Å². The van der Waals surface area contributed by atoms with E-state index in [1.807, 2.05) is 12.1 Å². The first-order chi connectivity index (χ1) is 9.61. The van der Waals surface area contributed by atoms with Crippen LogP contribution in [0.25, 0.3) is 0 Å². The number of rotatable bonds is 6. The van der Waals surface area contributed by atoms with Gasteiger partial charge in [-0.25, -0.2) is 0 Å². The van der Waals surface area contributed by atoms with Gasteiger partial charge in [-0.1, -0.05) is 0 Å².